The standard InChI is InChI=1S/C11H15IN2O/c1-13-9-3-2-4-10(9)15-8-5-6-11(12)14-7-8/h5-7,9-10,13H,2-4H2,1H3/t9-,10-/m1/s1. The lowest BCUT2D eigenvalue weighted by Crippen LogP contribution is -2.36. The number of hydrogen-bond donors (Lipinski definition) is 1. The summed E-state index contributed by atoms with van der Waals surface area (Å²) < 4.78 is 6.90. The van der Waals surface area contributed by atoms with Crippen molar-refractivity contribution in [3.63, 3.8) is 0 Å². The van der Waals surface area contributed by atoms with Crippen LogP contribution in [0.4, 0.5) is 0 Å². The lowest BCUT2D eigenvalue weighted by atomic mass is 10.2. The molecule has 0 radical (unpaired) electrons. The highest BCUT2D eigenvalue weighted by molar-refractivity contribution is 14.1. The van der Waals surface area contributed by atoms with E-state index in [2.05, 4.69) is 32.9 Å². The fraction of sp³-hybridized carbons (Fsp3) is 0.545. The Morgan fingerprint density at radius 1 is 1.47 bits per heavy atom. The highest BCUT2D eigenvalue weighted by atomic mass is 127. The predicted molar refractivity (Wildman–Crippen MR) is 68.1 cm³/mol. The number of halogens is 1. The highest BCUT2D eigenvalue weighted by Gasteiger charge is 2.27. The van der Waals surface area contributed by atoms with Crippen molar-refractivity contribution in [3.8, 4) is 5.75 Å². The Bertz CT molecular complexity index is 315. The zero-order valence-electron chi connectivity index (χ0n) is 8.74. The molecule has 0 unspecified atom stereocenters. The summed E-state index contributed by atoms with van der Waals surface area (Å²) >= 11 is 2.19. The molecular weight excluding hydrogens is 303 g/mol. The molecule has 82 valence electrons. The Balaban J connectivity index is 1.99. The summed E-state index contributed by atoms with van der Waals surface area (Å²) in [5.74, 6) is 0.877. The Morgan fingerprint density at radius 3 is 3.00 bits per heavy atom. The summed E-state index contributed by atoms with van der Waals surface area (Å²) in [5, 5.41) is 3.30. The maximum absolute atomic E-state index is 5.91. The monoisotopic (exact) mass is 318 g/mol. The van der Waals surface area contributed by atoms with E-state index < -0.39 is 0 Å². The molecule has 0 aliphatic heterocycles. The lowest BCUT2D eigenvalue weighted by Gasteiger charge is -2.20. The van der Waals surface area contributed by atoms with E-state index in [0.29, 0.717) is 12.1 Å². The largest absolute Gasteiger partial charge is 0.487 e. The van der Waals surface area contributed by atoms with Crippen LogP contribution in [-0.2, 0) is 0 Å². The predicted octanol–water partition coefficient (Wildman–Crippen LogP) is 2.21. The van der Waals surface area contributed by atoms with Crippen LogP contribution in [0.25, 0.3) is 0 Å². The molecule has 0 bridgehead atoms. The van der Waals surface area contributed by atoms with Crippen molar-refractivity contribution in [1.82, 2.24) is 10.3 Å². The molecule has 0 spiro atoms. The topological polar surface area (TPSA) is 34.1 Å². The molecular formula is C11H15IN2O. The van der Waals surface area contributed by atoms with Gasteiger partial charge in [-0.3, -0.25) is 0 Å². The van der Waals surface area contributed by atoms with Crippen LogP contribution in [0.15, 0.2) is 18.3 Å². The molecule has 15 heavy (non-hydrogen) atoms. The molecule has 1 fully saturated rings. The van der Waals surface area contributed by atoms with Gasteiger partial charge in [0.25, 0.3) is 0 Å². The Hall–Kier alpha value is -0.360. The van der Waals surface area contributed by atoms with E-state index in [9.17, 15) is 0 Å². The highest BCUT2D eigenvalue weighted by Crippen LogP contribution is 2.24. The minimum atomic E-state index is 0.303. The molecule has 3 nitrogen and oxygen atoms in total. The van der Waals surface area contributed by atoms with Gasteiger partial charge in [-0.05, 0) is 61.0 Å². The van der Waals surface area contributed by atoms with Crippen molar-refractivity contribution in [2.75, 3.05) is 7.05 Å². The summed E-state index contributed by atoms with van der Waals surface area (Å²) in [7, 11) is 2.00. The minimum Gasteiger partial charge on any atom is -0.487 e. The van der Waals surface area contributed by atoms with Crippen LogP contribution < -0.4 is 10.1 Å². The van der Waals surface area contributed by atoms with Crippen LogP contribution in [0.2, 0.25) is 0 Å². The molecule has 2 rings (SSSR count). The normalized spacial score (nSPS) is 25.5. The zero-order valence-corrected chi connectivity index (χ0v) is 10.9. The molecule has 1 N–H and O–H groups in total. The number of pyridine rings is 1. The van der Waals surface area contributed by atoms with E-state index in [1.54, 1.807) is 6.20 Å². The average molecular weight is 318 g/mol. The average Bonchev–Trinajstić information content (AvgIpc) is 2.69. The lowest BCUT2D eigenvalue weighted by molar-refractivity contribution is 0.178. The first-order valence-corrected chi connectivity index (χ1v) is 6.33. The summed E-state index contributed by atoms with van der Waals surface area (Å²) in [4.78, 5) is 4.21. The minimum absolute atomic E-state index is 0.303. The van der Waals surface area contributed by atoms with Crippen molar-refractivity contribution >= 4 is 22.6 Å². The van der Waals surface area contributed by atoms with Gasteiger partial charge in [0.15, 0.2) is 0 Å². The van der Waals surface area contributed by atoms with Crippen molar-refractivity contribution < 1.29 is 4.74 Å². The van der Waals surface area contributed by atoms with Gasteiger partial charge in [0.05, 0.1) is 6.20 Å². The maximum atomic E-state index is 5.91. The summed E-state index contributed by atoms with van der Waals surface area (Å²) in [6.45, 7) is 0. The van der Waals surface area contributed by atoms with E-state index >= 15 is 0 Å². The molecule has 4 heteroatoms. The van der Waals surface area contributed by atoms with Crippen molar-refractivity contribution in [3.05, 3.63) is 22.0 Å². The first kappa shape index (κ1) is 11.1. The number of likely N-dealkylation sites (N-methyl/N-ethyl adjacent to an activating group) is 1. The smallest absolute Gasteiger partial charge is 0.138 e. The van der Waals surface area contributed by atoms with E-state index in [4.69, 9.17) is 4.74 Å². The molecule has 0 saturated heterocycles. The second-order valence-electron chi connectivity index (χ2n) is 3.80. The summed E-state index contributed by atoms with van der Waals surface area (Å²) in [6, 6.07) is 4.45. The van der Waals surface area contributed by atoms with Gasteiger partial charge in [0.2, 0.25) is 0 Å². The third-order valence-electron chi connectivity index (χ3n) is 2.81. The van der Waals surface area contributed by atoms with Gasteiger partial charge in [0.1, 0.15) is 15.6 Å². The maximum Gasteiger partial charge on any atom is 0.138 e. The Morgan fingerprint density at radius 2 is 2.33 bits per heavy atom. The number of ether oxygens (including phenoxy) is 1. The molecule has 0 amide bonds. The molecule has 1 aliphatic carbocycles. The van der Waals surface area contributed by atoms with Gasteiger partial charge in [-0.2, -0.15) is 0 Å². The molecule has 1 aliphatic rings. The van der Waals surface area contributed by atoms with Gasteiger partial charge in [0, 0.05) is 6.04 Å². The number of nitrogens with one attached hydrogen (secondary N) is 1. The fourth-order valence-electron chi connectivity index (χ4n) is 2.00. The van der Waals surface area contributed by atoms with Crippen molar-refractivity contribution in [1.29, 1.82) is 0 Å². The van der Waals surface area contributed by atoms with Crippen LogP contribution in [0, 0.1) is 3.70 Å². The van der Waals surface area contributed by atoms with Gasteiger partial charge in [-0.1, -0.05) is 0 Å². The Kier molecular flexibility index (Phi) is 3.80. The van der Waals surface area contributed by atoms with Crippen LogP contribution in [-0.4, -0.2) is 24.2 Å². The number of aromatic nitrogens is 1. The molecule has 0 aromatic carbocycles. The summed E-state index contributed by atoms with van der Waals surface area (Å²) in [6.07, 6.45) is 5.69. The molecule has 1 saturated carbocycles. The van der Waals surface area contributed by atoms with Gasteiger partial charge < -0.3 is 10.1 Å². The second-order valence-corrected chi connectivity index (χ2v) is 4.90. The molecule has 1 aromatic rings. The van der Waals surface area contributed by atoms with E-state index in [0.717, 1.165) is 15.9 Å². The summed E-state index contributed by atoms with van der Waals surface area (Å²) in [5.41, 5.74) is 0. The second kappa shape index (κ2) is 5.12. The Labute approximate surface area is 104 Å². The quantitative estimate of drug-likeness (QED) is 0.685. The van der Waals surface area contributed by atoms with E-state index in [1.807, 2.05) is 19.2 Å². The number of rotatable bonds is 3. The molecule has 1 heterocycles. The van der Waals surface area contributed by atoms with Crippen LogP contribution in [0.1, 0.15) is 19.3 Å². The first-order chi connectivity index (χ1) is 7.29. The van der Waals surface area contributed by atoms with Crippen LogP contribution in [0.3, 0.4) is 0 Å². The van der Waals surface area contributed by atoms with Gasteiger partial charge in [-0.15, -0.1) is 0 Å². The van der Waals surface area contributed by atoms with E-state index in [-0.39, 0.29) is 0 Å². The third kappa shape index (κ3) is 2.81. The number of nitrogens with zero attached hydrogens (tertiary/aromatic N) is 1. The van der Waals surface area contributed by atoms with E-state index in [1.165, 1.54) is 12.8 Å². The zero-order chi connectivity index (χ0) is 10.7. The van der Waals surface area contributed by atoms with Crippen molar-refractivity contribution in [2.45, 2.75) is 31.4 Å². The van der Waals surface area contributed by atoms with Crippen LogP contribution in [0.5, 0.6) is 5.75 Å². The SMILES string of the molecule is CN[C@@H]1CCC[C@H]1Oc1ccc(I)nc1. The molecule has 1 aromatic heterocycles. The molecule has 2 atom stereocenters. The van der Waals surface area contributed by atoms with Crippen molar-refractivity contribution in [2.24, 2.45) is 0 Å². The first-order valence-electron chi connectivity index (χ1n) is 5.25. The van der Waals surface area contributed by atoms with Crippen LogP contribution >= 0.6 is 22.6 Å². The third-order valence-corrected chi connectivity index (χ3v) is 3.45. The fourth-order valence-corrected chi connectivity index (χ4v) is 2.32. The van der Waals surface area contributed by atoms with Gasteiger partial charge >= 0.3 is 0 Å². The number of hydrogen-bond acceptors (Lipinski definition) is 3. The van der Waals surface area contributed by atoms with Gasteiger partial charge in [-0.25, -0.2) is 4.98 Å².